The molecule has 0 aliphatic rings. The summed E-state index contributed by atoms with van der Waals surface area (Å²) in [5.74, 6) is 0. The molecule has 0 bridgehead atoms. The second-order valence-electron chi connectivity index (χ2n) is 2.09. The zero-order valence-corrected chi connectivity index (χ0v) is 6.28. The largest absolute Gasteiger partial charge is 0.193 e. The van der Waals surface area contributed by atoms with E-state index >= 15 is 0 Å². The average molecular weight is 153 g/mol. The SMILES string of the molecule is N#CC=C(C#N)c1cc[c]cc1. The van der Waals surface area contributed by atoms with Crippen molar-refractivity contribution in [3.8, 4) is 12.1 Å². The Hall–Kier alpha value is -2.06. The number of benzene rings is 1. The van der Waals surface area contributed by atoms with Crippen molar-refractivity contribution in [1.82, 2.24) is 0 Å². The summed E-state index contributed by atoms with van der Waals surface area (Å²) in [4.78, 5) is 0. The van der Waals surface area contributed by atoms with E-state index in [0.29, 0.717) is 5.57 Å². The van der Waals surface area contributed by atoms with Crippen LogP contribution < -0.4 is 0 Å². The number of hydrogen-bond acceptors (Lipinski definition) is 2. The highest BCUT2D eigenvalue weighted by Crippen LogP contribution is 2.11. The Morgan fingerprint density at radius 2 is 2.00 bits per heavy atom. The number of hydrogen-bond donors (Lipinski definition) is 0. The molecule has 0 aromatic heterocycles. The van der Waals surface area contributed by atoms with Gasteiger partial charge in [0.05, 0.1) is 11.6 Å². The first-order valence-corrected chi connectivity index (χ1v) is 3.35. The molecule has 1 aromatic rings. The lowest BCUT2D eigenvalue weighted by Crippen LogP contribution is -1.78. The molecule has 0 amide bonds. The summed E-state index contributed by atoms with van der Waals surface area (Å²) in [6.45, 7) is 0. The maximum atomic E-state index is 8.63. The monoisotopic (exact) mass is 153 g/mol. The normalized spacial score (nSPS) is 10.0. The molecule has 0 aliphatic carbocycles. The highest BCUT2D eigenvalue weighted by atomic mass is 14.3. The molecule has 55 valence electrons. The summed E-state index contributed by atoms with van der Waals surface area (Å²) in [6, 6.07) is 13.5. The van der Waals surface area contributed by atoms with Crippen LogP contribution in [0.5, 0.6) is 0 Å². The van der Waals surface area contributed by atoms with Crippen LogP contribution in [0.15, 0.2) is 30.3 Å². The van der Waals surface area contributed by atoms with Crippen molar-refractivity contribution in [2.75, 3.05) is 0 Å². The van der Waals surface area contributed by atoms with Crippen molar-refractivity contribution >= 4 is 5.57 Å². The molecule has 0 spiro atoms. The topological polar surface area (TPSA) is 47.6 Å². The third kappa shape index (κ3) is 1.71. The van der Waals surface area contributed by atoms with E-state index in [9.17, 15) is 0 Å². The van der Waals surface area contributed by atoms with E-state index < -0.39 is 0 Å². The standard InChI is InChI=1S/C10H5N2/c11-7-6-10(8-12)9-4-2-1-3-5-9/h2-6H. The van der Waals surface area contributed by atoms with Crippen LogP contribution in [0.3, 0.4) is 0 Å². The fourth-order valence-electron chi connectivity index (χ4n) is 0.811. The molecule has 0 heterocycles. The zero-order valence-electron chi connectivity index (χ0n) is 6.28. The Labute approximate surface area is 71.0 Å². The van der Waals surface area contributed by atoms with Gasteiger partial charge in [-0.1, -0.05) is 24.3 Å². The predicted octanol–water partition coefficient (Wildman–Crippen LogP) is 1.92. The molecular formula is C10H5N2. The number of allylic oxidation sites excluding steroid dienone is 2. The highest BCUT2D eigenvalue weighted by molar-refractivity contribution is 5.78. The van der Waals surface area contributed by atoms with Gasteiger partial charge in [-0.25, -0.2) is 0 Å². The van der Waals surface area contributed by atoms with E-state index in [4.69, 9.17) is 10.5 Å². The molecule has 1 rings (SSSR count). The van der Waals surface area contributed by atoms with Gasteiger partial charge in [-0.3, -0.25) is 0 Å². The molecule has 0 fully saturated rings. The van der Waals surface area contributed by atoms with Crippen molar-refractivity contribution in [2.45, 2.75) is 0 Å². The van der Waals surface area contributed by atoms with Gasteiger partial charge in [-0.2, -0.15) is 10.5 Å². The van der Waals surface area contributed by atoms with Crippen LogP contribution in [-0.2, 0) is 0 Å². The number of rotatable bonds is 1. The molecule has 0 saturated heterocycles. The average Bonchev–Trinajstić information content (AvgIpc) is 2.15. The summed E-state index contributed by atoms with van der Waals surface area (Å²) in [5, 5.41) is 17.0. The van der Waals surface area contributed by atoms with E-state index in [1.165, 1.54) is 6.08 Å². The van der Waals surface area contributed by atoms with Crippen molar-refractivity contribution in [3.05, 3.63) is 42.0 Å². The van der Waals surface area contributed by atoms with Crippen LogP contribution in [0, 0.1) is 28.7 Å². The van der Waals surface area contributed by atoms with E-state index in [2.05, 4.69) is 6.07 Å². The van der Waals surface area contributed by atoms with Gasteiger partial charge in [0.2, 0.25) is 0 Å². The molecule has 0 atom stereocenters. The second-order valence-corrected chi connectivity index (χ2v) is 2.09. The van der Waals surface area contributed by atoms with Gasteiger partial charge in [0.15, 0.2) is 0 Å². The third-order valence-corrected chi connectivity index (χ3v) is 1.36. The maximum Gasteiger partial charge on any atom is 0.101 e. The lowest BCUT2D eigenvalue weighted by Gasteiger charge is -1.93. The Balaban J connectivity index is 3.09. The van der Waals surface area contributed by atoms with Gasteiger partial charge in [0, 0.05) is 6.08 Å². The van der Waals surface area contributed by atoms with E-state index in [1.807, 2.05) is 12.1 Å². The fourth-order valence-corrected chi connectivity index (χ4v) is 0.811. The quantitative estimate of drug-likeness (QED) is 0.578. The third-order valence-electron chi connectivity index (χ3n) is 1.36. The van der Waals surface area contributed by atoms with Crippen LogP contribution in [-0.4, -0.2) is 0 Å². The van der Waals surface area contributed by atoms with Gasteiger partial charge in [0.25, 0.3) is 0 Å². The molecule has 0 unspecified atom stereocenters. The fraction of sp³-hybridized carbons (Fsp3) is 0. The Morgan fingerprint density at radius 1 is 1.33 bits per heavy atom. The predicted molar refractivity (Wildman–Crippen MR) is 44.5 cm³/mol. The highest BCUT2D eigenvalue weighted by Gasteiger charge is 1.96. The van der Waals surface area contributed by atoms with Crippen molar-refractivity contribution in [3.63, 3.8) is 0 Å². The van der Waals surface area contributed by atoms with Crippen LogP contribution in [0.1, 0.15) is 5.56 Å². The molecule has 0 aliphatic heterocycles. The lowest BCUT2D eigenvalue weighted by atomic mass is 10.1. The first-order valence-electron chi connectivity index (χ1n) is 3.35. The Bertz CT molecular complexity index is 363. The lowest BCUT2D eigenvalue weighted by molar-refractivity contribution is 1.50. The first kappa shape index (κ1) is 8.04. The van der Waals surface area contributed by atoms with Crippen molar-refractivity contribution in [2.24, 2.45) is 0 Å². The Morgan fingerprint density at radius 3 is 2.50 bits per heavy atom. The van der Waals surface area contributed by atoms with Gasteiger partial charge in [0.1, 0.15) is 6.07 Å². The maximum absolute atomic E-state index is 8.63. The van der Waals surface area contributed by atoms with E-state index in [1.54, 1.807) is 24.3 Å². The van der Waals surface area contributed by atoms with Crippen LogP contribution in [0.25, 0.3) is 5.57 Å². The summed E-state index contributed by atoms with van der Waals surface area (Å²) >= 11 is 0. The van der Waals surface area contributed by atoms with Crippen molar-refractivity contribution in [1.29, 1.82) is 10.5 Å². The minimum absolute atomic E-state index is 0.381. The van der Waals surface area contributed by atoms with Crippen LogP contribution >= 0.6 is 0 Å². The summed E-state index contributed by atoms with van der Waals surface area (Å²) < 4.78 is 0. The molecule has 1 aromatic carbocycles. The number of nitriles is 2. The van der Waals surface area contributed by atoms with E-state index in [-0.39, 0.29) is 0 Å². The molecule has 0 N–H and O–H groups in total. The zero-order chi connectivity index (χ0) is 8.81. The molecule has 2 nitrogen and oxygen atoms in total. The van der Waals surface area contributed by atoms with Gasteiger partial charge < -0.3 is 0 Å². The van der Waals surface area contributed by atoms with Gasteiger partial charge >= 0.3 is 0 Å². The molecular weight excluding hydrogens is 148 g/mol. The summed E-state index contributed by atoms with van der Waals surface area (Å²) in [5.41, 5.74) is 1.13. The van der Waals surface area contributed by atoms with Crippen molar-refractivity contribution < 1.29 is 0 Å². The molecule has 12 heavy (non-hydrogen) atoms. The van der Waals surface area contributed by atoms with Crippen LogP contribution in [0.2, 0.25) is 0 Å². The molecule has 2 heteroatoms. The molecule has 1 radical (unpaired) electrons. The second kappa shape index (κ2) is 3.95. The van der Waals surface area contributed by atoms with E-state index in [0.717, 1.165) is 5.56 Å². The smallest absolute Gasteiger partial charge is 0.101 e. The first-order chi connectivity index (χ1) is 5.88. The minimum Gasteiger partial charge on any atom is -0.193 e. The summed E-state index contributed by atoms with van der Waals surface area (Å²) in [6.07, 6.45) is 1.23. The molecule has 0 saturated carbocycles. The Kier molecular flexibility index (Phi) is 2.65. The summed E-state index contributed by atoms with van der Waals surface area (Å²) in [7, 11) is 0. The number of nitrogens with zero attached hydrogens (tertiary/aromatic N) is 2. The van der Waals surface area contributed by atoms with Gasteiger partial charge in [-0.05, 0) is 11.6 Å². The van der Waals surface area contributed by atoms with Crippen LogP contribution in [0.4, 0.5) is 0 Å². The minimum atomic E-state index is 0.381. The van der Waals surface area contributed by atoms with Gasteiger partial charge in [-0.15, -0.1) is 0 Å².